The first-order chi connectivity index (χ1) is 18.5. The van der Waals surface area contributed by atoms with Crippen molar-refractivity contribution < 1.29 is 27.1 Å². The molecule has 1 atom stereocenters. The van der Waals surface area contributed by atoms with E-state index in [1.54, 1.807) is 24.3 Å². The van der Waals surface area contributed by atoms with Gasteiger partial charge in [0.25, 0.3) is 0 Å². The number of nitrogens with zero attached hydrogens (tertiary/aromatic N) is 2. The minimum absolute atomic E-state index is 0.00603. The number of nitrogens with one attached hydrogen (secondary N) is 1. The maximum atomic E-state index is 14.7. The number of carbonyl (C=O) groups is 2. The molecule has 0 saturated carbocycles. The molecule has 1 unspecified atom stereocenters. The minimum atomic E-state index is -4.05. The molecule has 0 heterocycles. The molecule has 0 fully saturated rings. The Hall–Kier alpha value is -3.92. The van der Waals surface area contributed by atoms with Crippen molar-refractivity contribution in [3.8, 4) is 5.75 Å². The number of halogens is 1. The van der Waals surface area contributed by atoms with E-state index in [0.29, 0.717) is 11.3 Å². The summed E-state index contributed by atoms with van der Waals surface area (Å²) in [6, 6.07) is 20.4. The highest BCUT2D eigenvalue weighted by molar-refractivity contribution is 7.92. The lowest BCUT2D eigenvalue weighted by atomic mass is 10.0. The van der Waals surface area contributed by atoms with E-state index in [-0.39, 0.29) is 30.6 Å². The van der Waals surface area contributed by atoms with Crippen molar-refractivity contribution >= 4 is 27.5 Å². The Morgan fingerprint density at radius 1 is 0.949 bits per heavy atom. The number of ether oxygens (including phenoxy) is 1. The number of para-hydroxylation sites is 1. The summed E-state index contributed by atoms with van der Waals surface area (Å²) in [7, 11) is -2.53. The molecule has 10 heteroatoms. The van der Waals surface area contributed by atoms with Crippen LogP contribution < -0.4 is 14.4 Å². The van der Waals surface area contributed by atoms with Crippen molar-refractivity contribution in [3.05, 3.63) is 95.8 Å². The standard InChI is InChI=1S/C29H34FN3O5S/c1-21(2)31-29(35)27(18-22-11-6-5-7-12-22)32(19-23-13-10-14-24(17-23)38-3)28(34)20-33(39(4,36)37)26-16-9-8-15-25(26)30/h5-17,21,27H,18-20H2,1-4H3,(H,31,35). The molecule has 0 saturated heterocycles. The largest absolute Gasteiger partial charge is 0.497 e. The average Bonchev–Trinajstić information content (AvgIpc) is 2.89. The van der Waals surface area contributed by atoms with Gasteiger partial charge >= 0.3 is 0 Å². The lowest BCUT2D eigenvalue weighted by Crippen LogP contribution is -2.54. The lowest BCUT2D eigenvalue weighted by molar-refractivity contribution is -0.140. The molecule has 3 rings (SSSR count). The van der Waals surface area contributed by atoms with Gasteiger partial charge in [-0.05, 0) is 49.2 Å². The highest BCUT2D eigenvalue weighted by Crippen LogP contribution is 2.23. The molecule has 0 aliphatic carbocycles. The second kappa shape index (κ2) is 13.2. The molecule has 39 heavy (non-hydrogen) atoms. The van der Waals surface area contributed by atoms with E-state index in [2.05, 4.69) is 5.32 Å². The average molecular weight is 556 g/mol. The van der Waals surface area contributed by atoms with Crippen LogP contribution in [0.1, 0.15) is 25.0 Å². The first kappa shape index (κ1) is 29.6. The third-order valence-electron chi connectivity index (χ3n) is 5.99. The molecular formula is C29H34FN3O5S. The van der Waals surface area contributed by atoms with Crippen LogP contribution >= 0.6 is 0 Å². The third kappa shape index (κ3) is 8.28. The molecule has 0 radical (unpaired) electrons. The molecule has 0 aromatic heterocycles. The number of benzene rings is 3. The zero-order valence-corrected chi connectivity index (χ0v) is 23.3. The van der Waals surface area contributed by atoms with E-state index in [0.717, 1.165) is 22.2 Å². The number of anilines is 1. The van der Waals surface area contributed by atoms with Crippen LogP contribution in [0.15, 0.2) is 78.9 Å². The fourth-order valence-electron chi connectivity index (χ4n) is 4.15. The van der Waals surface area contributed by atoms with Crippen LogP contribution in [0.4, 0.5) is 10.1 Å². The van der Waals surface area contributed by atoms with Gasteiger partial charge < -0.3 is 15.0 Å². The van der Waals surface area contributed by atoms with Gasteiger partial charge in [-0.2, -0.15) is 0 Å². The second-order valence-electron chi connectivity index (χ2n) is 9.46. The topological polar surface area (TPSA) is 96.0 Å². The van der Waals surface area contributed by atoms with Crippen LogP contribution in [-0.4, -0.2) is 57.1 Å². The fraction of sp³-hybridized carbons (Fsp3) is 0.310. The summed E-state index contributed by atoms with van der Waals surface area (Å²) < 4.78 is 46.1. The van der Waals surface area contributed by atoms with Crippen molar-refractivity contribution in [2.45, 2.75) is 38.9 Å². The molecule has 0 spiro atoms. The smallest absolute Gasteiger partial charge is 0.244 e. The van der Waals surface area contributed by atoms with Crippen LogP contribution in [0.2, 0.25) is 0 Å². The van der Waals surface area contributed by atoms with Gasteiger partial charge in [0, 0.05) is 19.0 Å². The third-order valence-corrected chi connectivity index (χ3v) is 7.12. The van der Waals surface area contributed by atoms with Crippen molar-refractivity contribution in [1.29, 1.82) is 0 Å². The Labute approximate surface area is 229 Å². The normalized spacial score (nSPS) is 12.1. The van der Waals surface area contributed by atoms with Crippen molar-refractivity contribution in [1.82, 2.24) is 10.2 Å². The molecule has 208 valence electrons. The maximum absolute atomic E-state index is 14.7. The van der Waals surface area contributed by atoms with E-state index in [1.807, 2.05) is 44.2 Å². The summed E-state index contributed by atoms with van der Waals surface area (Å²) in [6.45, 7) is 2.93. The zero-order chi connectivity index (χ0) is 28.6. The van der Waals surface area contributed by atoms with Crippen LogP contribution in [0, 0.1) is 5.82 Å². The quantitative estimate of drug-likeness (QED) is 0.367. The van der Waals surface area contributed by atoms with Gasteiger partial charge in [-0.1, -0.05) is 54.6 Å². The Morgan fingerprint density at radius 3 is 2.21 bits per heavy atom. The molecule has 1 N–H and O–H groups in total. The second-order valence-corrected chi connectivity index (χ2v) is 11.4. The summed E-state index contributed by atoms with van der Waals surface area (Å²) in [6.07, 6.45) is 1.10. The highest BCUT2D eigenvalue weighted by atomic mass is 32.2. The summed E-state index contributed by atoms with van der Waals surface area (Å²) in [5, 5.41) is 2.88. The summed E-state index contributed by atoms with van der Waals surface area (Å²) in [5.74, 6) is -1.27. The van der Waals surface area contributed by atoms with E-state index in [4.69, 9.17) is 4.74 Å². The fourth-order valence-corrected chi connectivity index (χ4v) is 5.00. The number of carbonyl (C=O) groups excluding carboxylic acids is 2. The van der Waals surface area contributed by atoms with E-state index < -0.39 is 34.3 Å². The SMILES string of the molecule is COc1cccc(CN(C(=O)CN(c2ccccc2F)S(C)(=O)=O)C(Cc2ccccc2)C(=O)NC(C)C)c1. The molecule has 2 amide bonds. The Balaban J connectivity index is 2.08. The van der Waals surface area contributed by atoms with Crippen LogP contribution in [-0.2, 0) is 32.6 Å². The summed E-state index contributed by atoms with van der Waals surface area (Å²) in [4.78, 5) is 28.8. The Morgan fingerprint density at radius 2 is 1.59 bits per heavy atom. The zero-order valence-electron chi connectivity index (χ0n) is 22.5. The van der Waals surface area contributed by atoms with Gasteiger partial charge in [0.2, 0.25) is 21.8 Å². The predicted molar refractivity (Wildman–Crippen MR) is 149 cm³/mol. The Bertz CT molecular complexity index is 1380. The van der Waals surface area contributed by atoms with E-state index in [9.17, 15) is 22.4 Å². The summed E-state index contributed by atoms with van der Waals surface area (Å²) >= 11 is 0. The minimum Gasteiger partial charge on any atom is -0.497 e. The number of hydrogen-bond donors (Lipinski definition) is 1. The Kier molecular flexibility index (Phi) is 10.1. The lowest BCUT2D eigenvalue weighted by Gasteiger charge is -2.34. The van der Waals surface area contributed by atoms with Gasteiger partial charge in [-0.25, -0.2) is 12.8 Å². The predicted octanol–water partition coefficient (Wildman–Crippen LogP) is 3.77. The van der Waals surface area contributed by atoms with E-state index >= 15 is 0 Å². The number of sulfonamides is 1. The van der Waals surface area contributed by atoms with Crippen molar-refractivity contribution in [2.75, 3.05) is 24.2 Å². The first-order valence-corrected chi connectivity index (χ1v) is 14.3. The van der Waals surface area contributed by atoms with Gasteiger partial charge in [-0.15, -0.1) is 0 Å². The number of hydrogen-bond acceptors (Lipinski definition) is 5. The van der Waals surface area contributed by atoms with Crippen LogP contribution in [0.3, 0.4) is 0 Å². The molecule has 8 nitrogen and oxygen atoms in total. The van der Waals surface area contributed by atoms with Gasteiger partial charge in [0.15, 0.2) is 0 Å². The number of amides is 2. The molecule has 0 aliphatic rings. The summed E-state index contributed by atoms with van der Waals surface area (Å²) in [5.41, 5.74) is 1.25. The van der Waals surface area contributed by atoms with Crippen molar-refractivity contribution in [3.63, 3.8) is 0 Å². The number of rotatable bonds is 12. The van der Waals surface area contributed by atoms with Crippen LogP contribution in [0.5, 0.6) is 5.75 Å². The van der Waals surface area contributed by atoms with Gasteiger partial charge in [0.1, 0.15) is 24.2 Å². The van der Waals surface area contributed by atoms with Gasteiger partial charge in [0.05, 0.1) is 19.1 Å². The van der Waals surface area contributed by atoms with Crippen molar-refractivity contribution in [2.24, 2.45) is 0 Å². The number of methoxy groups -OCH3 is 1. The molecule has 3 aromatic rings. The molecular weight excluding hydrogens is 521 g/mol. The van der Waals surface area contributed by atoms with Crippen LogP contribution in [0.25, 0.3) is 0 Å². The monoisotopic (exact) mass is 555 g/mol. The van der Waals surface area contributed by atoms with E-state index in [1.165, 1.54) is 30.2 Å². The molecule has 0 bridgehead atoms. The molecule has 0 aliphatic heterocycles. The first-order valence-electron chi connectivity index (χ1n) is 12.5. The highest BCUT2D eigenvalue weighted by Gasteiger charge is 2.33. The maximum Gasteiger partial charge on any atom is 0.244 e. The molecule has 3 aromatic carbocycles. The van der Waals surface area contributed by atoms with Gasteiger partial charge in [-0.3, -0.25) is 13.9 Å².